The van der Waals surface area contributed by atoms with Gasteiger partial charge in [-0.15, -0.1) is 0 Å². The summed E-state index contributed by atoms with van der Waals surface area (Å²) in [6, 6.07) is 11.3. The van der Waals surface area contributed by atoms with Crippen LogP contribution in [0.15, 0.2) is 48.5 Å². The Labute approximate surface area is 278 Å². The van der Waals surface area contributed by atoms with Gasteiger partial charge in [-0.25, -0.2) is 18.4 Å². The number of alkyl carbamates (subject to hydrolysis) is 1. The van der Waals surface area contributed by atoms with Crippen molar-refractivity contribution >= 4 is 40.5 Å². The first-order valence-electron chi connectivity index (χ1n) is 16.6. The number of ether oxygens (including phenoxy) is 2. The minimum absolute atomic E-state index is 0.143. The van der Waals surface area contributed by atoms with Gasteiger partial charge in [0.05, 0.1) is 12.6 Å². The average Bonchev–Trinajstić information content (AvgIpc) is 3.68. The lowest BCUT2D eigenvalue weighted by Gasteiger charge is -2.36. The Morgan fingerprint density at radius 3 is 2.35 bits per heavy atom. The van der Waals surface area contributed by atoms with Crippen LogP contribution in [0.5, 0.6) is 0 Å². The summed E-state index contributed by atoms with van der Waals surface area (Å²) in [6.07, 6.45) is 1.92. The molecule has 12 heteroatoms. The van der Waals surface area contributed by atoms with Crippen LogP contribution in [0.1, 0.15) is 81.8 Å². The Hall–Kier alpha value is -4.48. The number of fused-ring (bicyclic) bond motifs is 1. The molecule has 2 heterocycles. The number of benzene rings is 2. The molecule has 1 aromatic heterocycles. The van der Waals surface area contributed by atoms with Gasteiger partial charge in [-0.3, -0.25) is 9.59 Å². The number of hydrogen-bond acceptors (Lipinski definition) is 6. The minimum Gasteiger partial charge on any atom is -0.461 e. The molecule has 0 unspecified atom stereocenters. The van der Waals surface area contributed by atoms with Crippen molar-refractivity contribution in [2.45, 2.75) is 83.4 Å². The number of nitrogens with one attached hydrogen (secondary N) is 3. The zero-order valence-electron chi connectivity index (χ0n) is 27.8. The van der Waals surface area contributed by atoms with Crippen LogP contribution in [-0.2, 0) is 19.1 Å². The van der Waals surface area contributed by atoms with Crippen molar-refractivity contribution in [3.63, 3.8) is 0 Å². The van der Waals surface area contributed by atoms with Crippen LogP contribution >= 0.6 is 0 Å². The van der Waals surface area contributed by atoms with Crippen LogP contribution in [0.25, 0.3) is 10.9 Å². The molecular weight excluding hydrogens is 622 g/mol. The number of likely N-dealkylation sites (tertiary alicyclic amines) is 1. The first-order valence-corrected chi connectivity index (χ1v) is 16.6. The van der Waals surface area contributed by atoms with Gasteiger partial charge in [-0.1, -0.05) is 12.1 Å². The van der Waals surface area contributed by atoms with Crippen LogP contribution in [0.2, 0.25) is 0 Å². The molecule has 2 fully saturated rings. The van der Waals surface area contributed by atoms with Gasteiger partial charge < -0.3 is 30.0 Å². The highest BCUT2D eigenvalue weighted by atomic mass is 19.1. The Bertz CT molecular complexity index is 1630. The summed E-state index contributed by atoms with van der Waals surface area (Å²) in [7, 11) is 0. The second-order valence-electron chi connectivity index (χ2n) is 13.6. The maximum Gasteiger partial charge on any atom is 0.407 e. The van der Waals surface area contributed by atoms with E-state index in [1.807, 2.05) is 0 Å². The molecule has 1 aliphatic carbocycles. The third-order valence-corrected chi connectivity index (χ3v) is 9.19. The van der Waals surface area contributed by atoms with Crippen LogP contribution in [0.3, 0.4) is 0 Å². The molecule has 0 spiro atoms. The Morgan fingerprint density at radius 1 is 1.00 bits per heavy atom. The largest absolute Gasteiger partial charge is 0.461 e. The topological polar surface area (TPSA) is 130 Å². The number of aromatic nitrogens is 1. The van der Waals surface area contributed by atoms with E-state index in [0.29, 0.717) is 60.9 Å². The van der Waals surface area contributed by atoms with Crippen LogP contribution < -0.4 is 10.6 Å². The second kappa shape index (κ2) is 14.7. The maximum atomic E-state index is 14.0. The molecule has 258 valence electrons. The molecule has 1 saturated heterocycles. The fraction of sp³-hybridized carbons (Fsp3) is 0.500. The fourth-order valence-corrected chi connectivity index (χ4v) is 6.91. The number of carbonyl (C=O) groups excluding carboxylic acids is 4. The average molecular weight is 667 g/mol. The molecule has 1 aliphatic heterocycles. The maximum absolute atomic E-state index is 14.0. The van der Waals surface area contributed by atoms with Crippen molar-refractivity contribution < 1.29 is 37.4 Å². The van der Waals surface area contributed by atoms with Crippen molar-refractivity contribution in [3.05, 3.63) is 65.6 Å². The van der Waals surface area contributed by atoms with Gasteiger partial charge in [0, 0.05) is 35.0 Å². The third kappa shape index (κ3) is 8.14. The van der Waals surface area contributed by atoms with E-state index >= 15 is 0 Å². The Balaban J connectivity index is 1.30. The molecular formula is C36H44F2N4O6. The van der Waals surface area contributed by atoms with Gasteiger partial charge in [0.2, 0.25) is 11.8 Å². The quantitative estimate of drug-likeness (QED) is 0.224. The lowest BCUT2D eigenvalue weighted by atomic mass is 9.78. The van der Waals surface area contributed by atoms with Gasteiger partial charge in [0.1, 0.15) is 29.8 Å². The smallest absolute Gasteiger partial charge is 0.407 e. The van der Waals surface area contributed by atoms with Crippen molar-refractivity contribution in [2.75, 3.05) is 25.1 Å². The molecule has 3 aromatic rings. The fourth-order valence-electron chi connectivity index (χ4n) is 6.91. The molecule has 5 rings (SSSR count). The summed E-state index contributed by atoms with van der Waals surface area (Å²) in [5.74, 6) is -2.25. The van der Waals surface area contributed by atoms with Gasteiger partial charge in [-0.05, 0) is 108 Å². The molecule has 0 bridgehead atoms. The van der Waals surface area contributed by atoms with E-state index in [1.165, 1.54) is 12.1 Å². The number of nitrogens with zero attached hydrogens (tertiary/aromatic N) is 1. The number of rotatable bonds is 9. The van der Waals surface area contributed by atoms with Crippen LogP contribution in [-0.4, -0.2) is 71.3 Å². The molecule has 0 radical (unpaired) electrons. The molecule has 3 amide bonds. The number of anilines is 1. The SMILES string of the molecule is CCOC(=O)c1cc2cc(NC(=O)[C@@H]3[C@@H](c4ccc(F)cc4)CCN3C(=O)C3CCC([C@@H](CF)NC(=O)OC(C)(C)C)CC3)ccc2[nH]1. The van der Waals surface area contributed by atoms with Crippen molar-refractivity contribution in [3.8, 4) is 0 Å². The van der Waals surface area contributed by atoms with Crippen LogP contribution in [0, 0.1) is 17.7 Å². The van der Waals surface area contributed by atoms with Gasteiger partial charge in [0.15, 0.2) is 0 Å². The molecule has 3 atom stereocenters. The standard InChI is InChI=1S/C36H44F2N4O6/c1-5-47-34(45)29-19-24-18-26(14-15-28(24)40-29)39-32(43)31-27(21-10-12-25(38)13-11-21)16-17-42(31)33(44)23-8-6-22(7-9-23)30(20-37)41-35(46)48-36(2,3)4/h10-15,18-19,22-23,27,30-31,40H,5-9,16-17,20H2,1-4H3,(H,39,43)(H,41,46)/t22?,23?,27-,30-,31+/m1/s1. The zero-order chi connectivity index (χ0) is 34.6. The minimum atomic E-state index is -0.842. The first-order chi connectivity index (χ1) is 22.9. The number of hydrogen-bond donors (Lipinski definition) is 3. The number of amides is 3. The van der Waals surface area contributed by atoms with Gasteiger partial charge >= 0.3 is 12.1 Å². The monoisotopic (exact) mass is 666 g/mol. The summed E-state index contributed by atoms with van der Waals surface area (Å²) < 4.78 is 38.2. The summed E-state index contributed by atoms with van der Waals surface area (Å²) in [5, 5.41) is 6.33. The molecule has 2 aromatic carbocycles. The third-order valence-electron chi connectivity index (χ3n) is 9.19. The van der Waals surface area contributed by atoms with E-state index in [1.54, 1.807) is 69.0 Å². The molecule has 2 aliphatic rings. The van der Waals surface area contributed by atoms with E-state index in [9.17, 15) is 28.0 Å². The van der Waals surface area contributed by atoms with Gasteiger partial charge in [0.25, 0.3) is 0 Å². The second-order valence-corrected chi connectivity index (χ2v) is 13.6. The number of aromatic amines is 1. The van der Waals surface area contributed by atoms with E-state index in [0.717, 1.165) is 5.56 Å². The summed E-state index contributed by atoms with van der Waals surface area (Å²) in [5.41, 5.74) is 1.54. The zero-order valence-corrected chi connectivity index (χ0v) is 27.8. The highest BCUT2D eigenvalue weighted by Crippen LogP contribution is 2.39. The number of halogens is 2. The van der Waals surface area contributed by atoms with E-state index in [2.05, 4.69) is 15.6 Å². The molecule has 48 heavy (non-hydrogen) atoms. The lowest BCUT2D eigenvalue weighted by molar-refractivity contribution is -0.141. The number of H-pyrrole nitrogens is 1. The summed E-state index contributed by atoms with van der Waals surface area (Å²) in [6.45, 7) is 6.80. The predicted molar refractivity (Wildman–Crippen MR) is 177 cm³/mol. The summed E-state index contributed by atoms with van der Waals surface area (Å²) in [4.78, 5) is 57.2. The van der Waals surface area contributed by atoms with E-state index in [-0.39, 0.29) is 36.2 Å². The Kier molecular flexibility index (Phi) is 10.7. The van der Waals surface area contributed by atoms with E-state index < -0.39 is 42.2 Å². The van der Waals surface area contributed by atoms with Crippen LogP contribution in [0.4, 0.5) is 19.3 Å². The predicted octanol–water partition coefficient (Wildman–Crippen LogP) is 6.48. The number of alkyl halides is 1. The Morgan fingerprint density at radius 2 is 1.71 bits per heavy atom. The van der Waals surface area contributed by atoms with Gasteiger partial charge in [-0.2, -0.15) is 0 Å². The number of esters is 1. The lowest BCUT2D eigenvalue weighted by Crippen LogP contribution is -2.49. The normalized spacial score (nSPS) is 21.8. The molecule has 1 saturated carbocycles. The highest BCUT2D eigenvalue weighted by molar-refractivity contribution is 6.01. The van der Waals surface area contributed by atoms with Crippen molar-refractivity contribution in [1.82, 2.24) is 15.2 Å². The number of carbonyl (C=O) groups is 4. The van der Waals surface area contributed by atoms with E-state index in [4.69, 9.17) is 9.47 Å². The first kappa shape index (κ1) is 34.8. The van der Waals surface area contributed by atoms with Crippen molar-refractivity contribution in [2.24, 2.45) is 11.8 Å². The van der Waals surface area contributed by atoms with Crippen molar-refractivity contribution in [1.29, 1.82) is 0 Å². The summed E-state index contributed by atoms with van der Waals surface area (Å²) >= 11 is 0. The molecule has 3 N–H and O–H groups in total. The molecule has 10 nitrogen and oxygen atoms in total. The highest BCUT2D eigenvalue weighted by Gasteiger charge is 2.45.